The Hall–Kier alpha value is -1.63. The summed E-state index contributed by atoms with van der Waals surface area (Å²) in [6.45, 7) is 2.45. The lowest BCUT2D eigenvalue weighted by Gasteiger charge is -2.26. The van der Waals surface area contributed by atoms with E-state index in [9.17, 15) is 4.79 Å². The lowest BCUT2D eigenvalue weighted by Crippen LogP contribution is -2.39. The molecular formula is C11H19N5O2. The number of nitrogens with one attached hydrogen (secondary N) is 2. The number of nitrogens with zero attached hydrogens (tertiary/aromatic N) is 3. The van der Waals surface area contributed by atoms with Gasteiger partial charge in [-0.25, -0.2) is 0 Å². The molecule has 18 heavy (non-hydrogen) atoms. The second-order valence-electron chi connectivity index (χ2n) is 4.33. The number of aromatic nitrogens is 2. The first-order valence-electron chi connectivity index (χ1n) is 6.28. The summed E-state index contributed by atoms with van der Waals surface area (Å²) in [5, 5.41) is 13.4. The molecule has 1 aromatic heterocycles. The molecule has 0 spiro atoms. The van der Waals surface area contributed by atoms with Crippen molar-refractivity contribution in [3.8, 4) is 0 Å². The Bertz CT molecular complexity index is 387. The van der Waals surface area contributed by atoms with Crippen molar-refractivity contribution in [2.24, 2.45) is 0 Å². The highest BCUT2D eigenvalue weighted by molar-refractivity contribution is 5.80. The van der Waals surface area contributed by atoms with Crippen molar-refractivity contribution in [1.29, 1.82) is 0 Å². The van der Waals surface area contributed by atoms with Gasteiger partial charge in [0.2, 0.25) is 11.8 Å². The Balaban J connectivity index is 1.77. The van der Waals surface area contributed by atoms with Crippen LogP contribution in [0.2, 0.25) is 0 Å². The molecule has 2 N–H and O–H groups in total. The number of rotatable bonds is 5. The van der Waals surface area contributed by atoms with Gasteiger partial charge in [0.05, 0.1) is 13.1 Å². The van der Waals surface area contributed by atoms with Gasteiger partial charge in [-0.1, -0.05) is 5.10 Å². The minimum atomic E-state index is 0.0862. The first-order valence-corrected chi connectivity index (χ1v) is 6.28. The molecule has 0 unspecified atom stereocenters. The van der Waals surface area contributed by atoms with Crippen LogP contribution in [0, 0.1) is 0 Å². The lowest BCUT2D eigenvalue weighted by atomic mass is 10.1. The Morgan fingerprint density at radius 1 is 1.33 bits per heavy atom. The summed E-state index contributed by atoms with van der Waals surface area (Å²) in [5.74, 6) is 0.591. The van der Waals surface area contributed by atoms with Crippen LogP contribution in [0.5, 0.6) is 0 Å². The van der Waals surface area contributed by atoms with Gasteiger partial charge in [0.15, 0.2) is 0 Å². The van der Waals surface area contributed by atoms with Crippen molar-refractivity contribution >= 4 is 11.9 Å². The highest BCUT2D eigenvalue weighted by Crippen LogP contribution is 2.09. The molecule has 2 rings (SSSR count). The normalized spacial score (nSPS) is 15.7. The zero-order chi connectivity index (χ0) is 12.8. The maximum absolute atomic E-state index is 11.9. The molecule has 7 heteroatoms. The van der Waals surface area contributed by atoms with Crippen LogP contribution in [0.3, 0.4) is 0 Å². The van der Waals surface area contributed by atoms with Gasteiger partial charge >= 0.3 is 6.01 Å². The number of hydrogen-bond donors (Lipinski definition) is 2. The smallest absolute Gasteiger partial charge is 0.315 e. The van der Waals surface area contributed by atoms with Crippen molar-refractivity contribution in [2.45, 2.75) is 25.8 Å². The fourth-order valence-electron chi connectivity index (χ4n) is 1.95. The van der Waals surface area contributed by atoms with E-state index in [1.807, 2.05) is 4.90 Å². The molecule has 0 aliphatic carbocycles. The Morgan fingerprint density at radius 2 is 2.11 bits per heavy atom. The van der Waals surface area contributed by atoms with E-state index in [4.69, 9.17) is 4.42 Å². The van der Waals surface area contributed by atoms with Gasteiger partial charge in [-0.15, -0.1) is 5.10 Å². The molecule has 0 radical (unpaired) electrons. The number of amides is 1. The van der Waals surface area contributed by atoms with E-state index < -0.39 is 0 Å². The van der Waals surface area contributed by atoms with E-state index in [1.54, 1.807) is 7.05 Å². The fraction of sp³-hybridized carbons (Fsp3) is 0.727. The van der Waals surface area contributed by atoms with E-state index in [0.717, 1.165) is 25.9 Å². The molecule has 0 atom stereocenters. The predicted molar refractivity (Wildman–Crippen MR) is 66.0 cm³/mol. The minimum Gasteiger partial charge on any atom is -0.407 e. The maximum atomic E-state index is 11.9. The van der Waals surface area contributed by atoms with Gasteiger partial charge in [0, 0.05) is 13.1 Å². The fourth-order valence-corrected chi connectivity index (χ4v) is 1.95. The van der Waals surface area contributed by atoms with Gasteiger partial charge in [-0.2, -0.15) is 0 Å². The first kappa shape index (κ1) is 12.8. The molecule has 100 valence electrons. The molecule has 1 fully saturated rings. The zero-order valence-electron chi connectivity index (χ0n) is 10.6. The molecule has 0 saturated carbocycles. The Labute approximate surface area is 106 Å². The Morgan fingerprint density at radius 3 is 2.83 bits per heavy atom. The average molecular weight is 253 g/mol. The standard InChI is InChI=1S/C11H19N5O2/c1-12-7-9-14-15-11(18-9)13-8-10(17)16-5-3-2-4-6-16/h12H,2-8H2,1H3,(H,13,15). The summed E-state index contributed by atoms with van der Waals surface area (Å²) in [7, 11) is 1.80. The van der Waals surface area contributed by atoms with Crippen molar-refractivity contribution in [2.75, 3.05) is 32.0 Å². The van der Waals surface area contributed by atoms with E-state index in [-0.39, 0.29) is 12.5 Å². The number of carbonyl (C=O) groups is 1. The molecule has 1 aromatic rings. The van der Waals surface area contributed by atoms with Crippen LogP contribution >= 0.6 is 0 Å². The largest absolute Gasteiger partial charge is 0.407 e. The third kappa shape index (κ3) is 3.43. The van der Waals surface area contributed by atoms with E-state index in [0.29, 0.717) is 18.5 Å². The number of piperidine rings is 1. The van der Waals surface area contributed by atoms with Gasteiger partial charge in [-0.3, -0.25) is 4.79 Å². The van der Waals surface area contributed by atoms with Crippen LogP contribution in [-0.4, -0.2) is 47.7 Å². The zero-order valence-corrected chi connectivity index (χ0v) is 10.6. The quantitative estimate of drug-likeness (QED) is 0.780. The number of anilines is 1. The van der Waals surface area contributed by atoms with Crippen LogP contribution < -0.4 is 10.6 Å². The first-order chi connectivity index (χ1) is 8.79. The maximum Gasteiger partial charge on any atom is 0.315 e. The number of likely N-dealkylation sites (tertiary alicyclic amines) is 1. The Kier molecular flexibility index (Phi) is 4.52. The molecule has 1 saturated heterocycles. The molecule has 1 aliphatic rings. The van der Waals surface area contributed by atoms with Crippen molar-refractivity contribution in [3.05, 3.63) is 5.89 Å². The molecule has 7 nitrogen and oxygen atoms in total. The van der Waals surface area contributed by atoms with Crippen LogP contribution in [0.15, 0.2) is 4.42 Å². The molecule has 2 heterocycles. The summed E-state index contributed by atoms with van der Waals surface area (Å²) >= 11 is 0. The van der Waals surface area contributed by atoms with Gasteiger partial charge in [-0.05, 0) is 26.3 Å². The molecule has 1 aliphatic heterocycles. The van der Waals surface area contributed by atoms with E-state index >= 15 is 0 Å². The molecule has 0 bridgehead atoms. The van der Waals surface area contributed by atoms with Crippen LogP contribution in [-0.2, 0) is 11.3 Å². The summed E-state index contributed by atoms with van der Waals surface area (Å²) in [4.78, 5) is 13.7. The number of hydrogen-bond acceptors (Lipinski definition) is 6. The molecular weight excluding hydrogens is 234 g/mol. The summed E-state index contributed by atoms with van der Waals surface area (Å²) in [6.07, 6.45) is 3.41. The molecule has 0 aromatic carbocycles. The second kappa shape index (κ2) is 6.34. The highest BCUT2D eigenvalue weighted by Gasteiger charge is 2.16. The van der Waals surface area contributed by atoms with Crippen LogP contribution in [0.1, 0.15) is 25.2 Å². The van der Waals surface area contributed by atoms with Crippen LogP contribution in [0.4, 0.5) is 6.01 Å². The second-order valence-corrected chi connectivity index (χ2v) is 4.33. The summed E-state index contributed by atoms with van der Waals surface area (Å²) < 4.78 is 5.30. The van der Waals surface area contributed by atoms with Crippen LogP contribution in [0.25, 0.3) is 0 Å². The summed E-state index contributed by atoms with van der Waals surface area (Å²) in [5.41, 5.74) is 0. The van der Waals surface area contributed by atoms with E-state index in [2.05, 4.69) is 20.8 Å². The number of carbonyl (C=O) groups excluding carboxylic acids is 1. The lowest BCUT2D eigenvalue weighted by molar-refractivity contribution is -0.130. The van der Waals surface area contributed by atoms with Gasteiger partial charge in [0.25, 0.3) is 0 Å². The molecule has 1 amide bonds. The highest BCUT2D eigenvalue weighted by atomic mass is 16.4. The van der Waals surface area contributed by atoms with Crippen molar-refractivity contribution in [1.82, 2.24) is 20.4 Å². The van der Waals surface area contributed by atoms with Crippen molar-refractivity contribution in [3.63, 3.8) is 0 Å². The third-order valence-corrected chi connectivity index (χ3v) is 2.89. The SMILES string of the molecule is CNCc1nnc(NCC(=O)N2CCCCC2)o1. The minimum absolute atomic E-state index is 0.0862. The predicted octanol–water partition coefficient (Wildman–Crippen LogP) is 0.213. The topological polar surface area (TPSA) is 83.3 Å². The monoisotopic (exact) mass is 253 g/mol. The van der Waals surface area contributed by atoms with Gasteiger partial charge < -0.3 is 20.0 Å². The van der Waals surface area contributed by atoms with E-state index in [1.165, 1.54) is 6.42 Å². The van der Waals surface area contributed by atoms with Gasteiger partial charge in [0.1, 0.15) is 0 Å². The summed E-state index contributed by atoms with van der Waals surface area (Å²) in [6, 6.07) is 0.297. The van der Waals surface area contributed by atoms with Crippen molar-refractivity contribution < 1.29 is 9.21 Å². The average Bonchev–Trinajstić information content (AvgIpc) is 2.85. The third-order valence-electron chi connectivity index (χ3n) is 2.89.